The number of methoxy groups -OCH3 is 1. The average Bonchev–Trinajstić information content (AvgIpc) is 2.38. The van der Waals surface area contributed by atoms with E-state index < -0.39 is 5.97 Å². The Bertz CT molecular complexity index is 433. The predicted octanol–water partition coefficient (Wildman–Crippen LogP) is 1.69. The molecule has 0 radical (unpaired) electrons. The minimum atomic E-state index is -0.916. The first kappa shape index (κ1) is 15.4. The molecule has 1 rings (SSSR count). The Kier molecular flexibility index (Phi) is 6.21. The zero-order valence-corrected chi connectivity index (χ0v) is 11.7. The number of aliphatic carboxylic acids is 1. The minimum Gasteiger partial charge on any atom is -0.497 e. The van der Waals surface area contributed by atoms with Crippen LogP contribution in [0.3, 0.4) is 0 Å². The molecule has 1 aromatic carbocycles. The molecule has 0 fully saturated rings. The highest BCUT2D eigenvalue weighted by atomic mass is 32.2. The van der Waals surface area contributed by atoms with Gasteiger partial charge in [-0.2, -0.15) is 0 Å². The van der Waals surface area contributed by atoms with Crippen LogP contribution >= 0.6 is 11.8 Å². The van der Waals surface area contributed by atoms with Crippen molar-refractivity contribution in [3.8, 4) is 5.75 Å². The molecule has 19 heavy (non-hydrogen) atoms. The van der Waals surface area contributed by atoms with Gasteiger partial charge in [0.1, 0.15) is 5.75 Å². The van der Waals surface area contributed by atoms with Gasteiger partial charge in [0, 0.05) is 0 Å². The van der Waals surface area contributed by atoms with E-state index in [9.17, 15) is 9.59 Å². The van der Waals surface area contributed by atoms with E-state index in [-0.39, 0.29) is 23.5 Å². The van der Waals surface area contributed by atoms with E-state index in [2.05, 4.69) is 5.32 Å². The lowest BCUT2D eigenvalue weighted by atomic mass is 10.1. The molecule has 0 saturated carbocycles. The van der Waals surface area contributed by atoms with Crippen LogP contribution in [0.1, 0.15) is 18.5 Å². The van der Waals surface area contributed by atoms with Gasteiger partial charge in [-0.1, -0.05) is 12.1 Å². The molecule has 0 bridgehead atoms. The SMILES string of the molecule is COc1ccc(C(C)NC(=O)CSCC(=O)O)cc1. The van der Waals surface area contributed by atoms with Gasteiger partial charge in [0.25, 0.3) is 0 Å². The van der Waals surface area contributed by atoms with Crippen molar-refractivity contribution < 1.29 is 19.4 Å². The monoisotopic (exact) mass is 283 g/mol. The van der Waals surface area contributed by atoms with Crippen LogP contribution in [0.4, 0.5) is 0 Å². The van der Waals surface area contributed by atoms with E-state index in [0.29, 0.717) is 0 Å². The fraction of sp³-hybridized carbons (Fsp3) is 0.385. The summed E-state index contributed by atoms with van der Waals surface area (Å²) >= 11 is 1.08. The molecule has 1 unspecified atom stereocenters. The van der Waals surface area contributed by atoms with Crippen molar-refractivity contribution >= 4 is 23.6 Å². The average molecular weight is 283 g/mol. The maximum atomic E-state index is 11.6. The number of ether oxygens (including phenoxy) is 1. The number of thioether (sulfide) groups is 1. The first-order valence-electron chi connectivity index (χ1n) is 5.75. The lowest BCUT2D eigenvalue weighted by Gasteiger charge is -2.14. The van der Waals surface area contributed by atoms with E-state index in [1.807, 2.05) is 31.2 Å². The number of carboxylic acid groups (broad SMARTS) is 1. The molecule has 6 heteroatoms. The largest absolute Gasteiger partial charge is 0.497 e. The lowest BCUT2D eigenvalue weighted by Crippen LogP contribution is -2.28. The van der Waals surface area contributed by atoms with Crippen molar-refractivity contribution in [1.82, 2.24) is 5.32 Å². The molecule has 0 saturated heterocycles. The highest BCUT2D eigenvalue weighted by molar-refractivity contribution is 8.00. The van der Waals surface area contributed by atoms with E-state index in [4.69, 9.17) is 9.84 Å². The maximum Gasteiger partial charge on any atom is 0.313 e. The van der Waals surface area contributed by atoms with E-state index in [0.717, 1.165) is 23.1 Å². The van der Waals surface area contributed by atoms with Crippen LogP contribution in [0.15, 0.2) is 24.3 Å². The number of nitrogens with one attached hydrogen (secondary N) is 1. The second kappa shape index (κ2) is 7.68. The highest BCUT2D eigenvalue weighted by Gasteiger charge is 2.10. The molecule has 1 aromatic rings. The van der Waals surface area contributed by atoms with Crippen molar-refractivity contribution in [2.75, 3.05) is 18.6 Å². The Morgan fingerprint density at radius 2 is 1.95 bits per heavy atom. The molecule has 0 aromatic heterocycles. The fourth-order valence-corrected chi connectivity index (χ4v) is 2.04. The molecule has 0 aliphatic heterocycles. The second-order valence-electron chi connectivity index (χ2n) is 3.95. The number of hydrogen-bond donors (Lipinski definition) is 2. The summed E-state index contributed by atoms with van der Waals surface area (Å²) in [5.74, 6) is -0.244. The summed E-state index contributed by atoms with van der Waals surface area (Å²) in [5, 5.41) is 11.3. The Balaban J connectivity index is 2.42. The summed E-state index contributed by atoms with van der Waals surface area (Å²) in [6.45, 7) is 1.88. The van der Waals surface area contributed by atoms with Crippen LogP contribution in [0.2, 0.25) is 0 Å². The molecule has 104 valence electrons. The molecular formula is C13H17NO4S. The molecular weight excluding hydrogens is 266 g/mol. The highest BCUT2D eigenvalue weighted by Crippen LogP contribution is 2.17. The zero-order chi connectivity index (χ0) is 14.3. The van der Waals surface area contributed by atoms with Gasteiger partial charge in [-0.15, -0.1) is 11.8 Å². The van der Waals surface area contributed by atoms with Gasteiger partial charge in [0.05, 0.1) is 24.7 Å². The first-order chi connectivity index (χ1) is 9.02. The normalized spacial score (nSPS) is 11.7. The standard InChI is InChI=1S/C13H17NO4S/c1-9(10-3-5-11(18-2)6-4-10)14-12(15)7-19-8-13(16)17/h3-6,9H,7-8H2,1-2H3,(H,14,15)(H,16,17). The third-order valence-corrected chi connectivity index (χ3v) is 3.37. The Morgan fingerprint density at radius 1 is 1.32 bits per heavy atom. The third-order valence-electron chi connectivity index (χ3n) is 2.45. The summed E-state index contributed by atoms with van der Waals surface area (Å²) in [6, 6.07) is 7.31. The molecule has 0 aliphatic rings. The number of carbonyl (C=O) groups excluding carboxylic acids is 1. The molecule has 0 heterocycles. The predicted molar refractivity (Wildman–Crippen MR) is 74.5 cm³/mol. The van der Waals surface area contributed by atoms with E-state index >= 15 is 0 Å². The molecule has 0 spiro atoms. The van der Waals surface area contributed by atoms with E-state index in [1.54, 1.807) is 7.11 Å². The van der Waals surface area contributed by atoms with Gasteiger partial charge in [0.15, 0.2) is 0 Å². The molecule has 5 nitrogen and oxygen atoms in total. The van der Waals surface area contributed by atoms with Crippen molar-refractivity contribution in [3.05, 3.63) is 29.8 Å². The van der Waals surface area contributed by atoms with Crippen molar-refractivity contribution in [1.29, 1.82) is 0 Å². The minimum absolute atomic E-state index is 0.0651. The van der Waals surface area contributed by atoms with Crippen molar-refractivity contribution in [2.45, 2.75) is 13.0 Å². The zero-order valence-electron chi connectivity index (χ0n) is 10.9. The van der Waals surface area contributed by atoms with Gasteiger partial charge in [-0.25, -0.2) is 0 Å². The summed E-state index contributed by atoms with van der Waals surface area (Å²) < 4.78 is 5.06. The first-order valence-corrected chi connectivity index (χ1v) is 6.91. The Morgan fingerprint density at radius 3 is 2.47 bits per heavy atom. The lowest BCUT2D eigenvalue weighted by molar-refractivity contribution is -0.133. The van der Waals surface area contributed by atoms with Gasteiger partial charge < -0.3 is 15.2 Å². The summed E-state index contributed by atoms with van der Waals surface area (Å²) in [6.07, 6.45) is 0. The van der Waals surface area contributed by atoms with Gasteiger partial charge >= 0.3 is 5.97 Å². The molecule has 0 aliphatic carbocycles. The summed E-state index contributed by atoms with van der Waals surface area (Å²) in [7, 11) is 1.60. The topological polar surface area (TPSA) is 75.6 Å². The fourth-order valence-electron chi connectivity index (χ4n) is 1.49. The van der Waals surface area contributed by atoms with Crippen molar-refractivity contribution in [3.63, 3.8) is 0 Å². The van der Waals surface area contributed by atoms with Gasteiger partial charge in [-0.05, 0) is 24.6 Å². The smallest absolute Gasteiger partial charge is 0.313 e. The Labute approximate surface area is 116 Å². The number of carbonyl (C=O) groups is 2. The number of carboxylic acids is 1. The quantitative estimate of drug-likeness (QED) is 0.796. The number of hydrogen-bond acceptors (Lipinski definition) is 4. The van der Waals surface area contributed by atoms with Crippen LogP contribution in [-0.4, -0.2) is 35.6 Å². The second-order valence-corrected chi connectivity index (χ2v) is 4.93. The number of amides is 1. The van der Waals surface area contributed by atoms with Crippen LogP contribution < -0.4 is 10.1 Å². The van der Waals surface area contributed by atoms with Crippen LogP contribution in [0, 0.1) is 0 Å². The molecule has 1 atom stereocenters. The van der Waals surface area contributed by atoms with E-state index in [1.165, 1.54) is 0 Å². The Hall–Kier alpha value is -1.69. The molecule has 2 N–H and O–H groups in total. The maximum absolute atomic E-state index is 11.6. The number of rotatable bonds is 7. The van der Waals surface area contributed by atoms with Gasteiger partial charge in [-0.3, -0.25) is 9.59 Å². The van der Waals surface area contributed by atoms with Crippen molar-refractivity contribution in [2.24, 2.45) is 0 Å². The van der Waals surface area contributed by atoms with Crippen LogP contribution in [-0.2, 0) is 9.59 Å². The van der Waals surface area contributed by atoms with Gasteiger partial charge in [0.2, 0.25) is 5.91 Å². The summed E-state index contributed by atoms with van der Waals surface area (Å²) in [5.41, 5.74) is 0.970. The summed E-state index contributed by atoms with van der Waals surface area (Å²) in [4.78, 5) is 21.9. The molecule has 1 amide bonds. The number of benzene rings is 1. The van der Waals surface area contributed by atoms with Crippen LogP contribution in [0.5, 0.6) is 5.75 Å². The third kappa shape index (κ3) is 5.65. The van der Waals surface area contributed by atoms with Crippen LogP contribution in [0.25, 0.3) is 0 Å².